The largest absolute Gasteiger partial charge is 0.271 e. The normalized spacial score (nSPS) is 17.8. The van der Waals surface area contributed by atoms with Gasteiger partial charge in [-0.1, -0.05) is 36.6 Å². The van der Waals surface area contributed by atoms with Gasteiger partial charge >= 0.3 is 0 Å². The lowest BCUT2D eigenvalue weighted by Crippen LogP contribution is -2.29. The number of hydrogen-bond donors (Lipinski definition) is 2. The Hall–Kier alpha value is -0.570. The van der Waals surface area contributed by atoms with Gasteiger partial charge in [0, 0.05) is 11.1 Å². The third-order valence-electron chi connectivity index (χ3n) is 3.15. The van der Waals surface area contributed by atoms with Gasteiger partial charge in [-0.2, -0.15) is 0 Å². The van der Waals surface area contributed by atoms with Crippen LogP contribution >= 0.6 is 11.6 Å². The third kappa shape index (κ3) is 2.51. The molecule has 1 aliphatic rings. The van der Waals surface area contributed by atoms with Gasteiger partial charge in [0.25, 0.3) is 0 Å². The smallest absolute Gasteiger partial charge is 0.0465 e. The molecule has 1 aliphatic carbocycles. The highest BCUT2D eigenvalue weighted by Crippen LogP contribution is 2.38. The summed E-state index contributed by atoms with van der Waals surface area (Å²) in [6.07, 6.45) is 3.81. The first kappa shape index (κ1) is 10.9. The van der Waals surface area contributed by atoms with E-state index < -0.39 is 0 Å². The zero-order valence-electron chi connectivity index (χ0n) is 8.96. The molecule has 3 heteroatoms. The van der Waals surface area contributed by atoms with Crippen LogP contribution in [0.25, 0.3) is 0 Å². The second-order valence-electron chi connectivity index (χ2n) is 4.35. The van der Waals surface area contributed by atoms with E-state index in [0.29, 0.717) is 0 Å². The first-order valence-electron chi connectivity index (χ1n) is 5.43. The van der Waals surface area contributed by atoms with Gasteiger partial charge in [0.1, 0.15) is 0 Å². The minimum absolute atomic E-state index is 0.246. The summed E-state index contributed by atoms with van der Waals surface area (Å²) < 4.78 is 0. The van der Waals surface area contributed by atoms with Crippen molar-refractivity contribution in [1.82, 2.24) is 5.43 Å². The van der Waals surface area contributed by atoms with Crippen molar-refractivity contribution in [3.63, 3.8) is 0 Å². The fourth-order valence-corrected chi connectivity index (χ4v) is 2.16. The molecule has 1 aromatic rings. The van der Waals surface area contributed by atoms with Gasteiger partial charge in [-0.05, 0) is 36.5 Å². The molecule has 3 N–H and O–H groups in total. The summed E-state index contributed by atoms with van der Waals surface area (Å²) in [4.78, 5) is 0. The maximum absolute atomic E-state index is 6.10. The Labute approximate surface area is 95.8 Å². The second-order valence-corrected chi connectivity index (χ2v) is 4.76. The van der Waals surface area contributed by atoms with Crippen molar-refractivity contribution in [2.75, 3.05) is 0 Å². The lowest BCUT2D eigenvalue weighted by Gasteiger charge is -2.18. The summed E-state index contributed by atoms with van der Waals surface area (Å²) in [5.41, 5.74) is 5.27. The van der Waals surface area contributed by atoms with Crippen LogP contribution in [0, 0.1) is 12.8 Å². The molecule has 15 heavy (non-hydrogen) atoms. The molecule has 0 radical (unpaired) electrons. The minimum atomic E-state index is 0.246. The van der Waals surface area contributed by atoms with Crippen molar-refractivity contribution < 1.29 is 0 Å². The molecule has 1 aromatic carbocycles. The Bertz CT molecular complexity index is 347. The van der Waals surface area contributed by atoms with Crippen LogP contribution in [0.2, 0.25) is 5.02 Å². The van der Waals surface area contributed by atoms with Crippen molar-refractivity contribution in [2.45, 2.75) is 32.2 Å². The predicted molar refractivity (Wildman–Crippen MR) is 63.6 cm³/mol. The number of nitrogens with two attached hydrogens (primary N) is 1. The number of rotatable bonds is 4. The molecule has 2 nitrogen and oxygen atoms in total. The van der Waals surface area contributed by atoms with Crippen LogP contribution in [0.4, 0.5) is 0 Å². The van der Waals surface area contributed by atoms with Gasteiger partial charge in [0.15, 0.2) is 0 Å². The van der Waals surface area contributed by atoms with Crippen molar-refractivity contribution >= 4 is 11.6 Å². The first-order valence-corrected chi connectivity index (χ1v) is 5.81. The van der Waals surface area contributed by atoms with Crippen molar-refractivity contribution in [1.29, 1.82) is 0 Å². The summed E-state index contributed by atoms with van der Waals surface area (Å²) in [7, 11) is 0. The molecular formula is C12H17ClN2. The lowest BCUT2D eigenvalue weighted by molar-refractivity contribution is 0.485. The van der Waals surface area contributed by atoms with E-state index >= 15 is 0 Å². The van der Waals surface area contributed by atoms with Crippen LogP contribution < -0.4 is 11.3 Å². The van der Waals surface area contributed by atoms with Crippen LogP contribution in [0.15, 0.2) is 18.2 Å². The predicted octanol–water partition coefficient (Wildman–Crippen LogP) is 2.95. The second kappa shape index (κ2) is 4.52. The quantitative estimate of drug-likeness (QED) is 0.610. The minimum Gasteiger partial charge on any atom is -0.271 e. The molecule has 0 aliphatic heterocycles. The van der Waals surface area contributed by atoms with Crippen LogP contribution in [0.5, 0.6) is 0 Å². The van der Waals surface area contributed by atoms with E-state index in [1.165, 1.54) is 18.4 Å². The Kier molecular flexibility index (Phi) is 3.29. The molecule has 0 bridgehead atoms. The van der Waals surface area contributed by atoms with E-state index in [2.05, 4.69) is 18.4 Å². The summed E-state index contributed by atoms with van der Waals surface area (Å²) in [5, 5.41) is 0.823. The summed E-state index contributed by atoms with van der Waals surface area (Å²) in [6.45, 7) is 2.05. The zero-order chi connectivity index (χ0) is 10.8. The van der Waals surface area contributed by atoms with Crippen LogP contribution in [0.1, 0.15) is 36.4 Å². The molecule has 1 unspecified atom stereocenters. The average molecular weight is 225 g/mol. The van der Waals surface area contributed by atoms with E-state index in [-0.39, 0.29) is 6.04 Å². The van der Waals surface area contributed by atoms with Crippen molar-refractivity contribution in [2.24, 2.45) is 11.8 Å². The maximum Gasteiger partial charge on any atom is 0.0465 e. The molecule has 0 aromatic heterocycles. The van der Waals surface area contributed by atoms with E-state index in [4.69, 9.17) is 17.4 Å². The SMILES string of the molecule is Cc1c(Cl)cccc1C(CC1CC1)NN. The molecule has 1 atom stereocenters. The zero-order valence-corrected chi connectivity index (χ0v) is 9.72. The van der Waals surface area contributed by atoms with Crippen molar-refractivity contribution in [3.05, 3.63) is 34.3 Å². The summed E-state index contributed by atoms with van der Waals surface area (Å²) in [5.74, 6) is 6.46. The molecular weight excluding hydrogens is 208 g/mol. The number of hydrogen-bond acceptors (Lipinski definition) is 2. The Morgan fingerprint density at radius 1 is 1.53 bits per heavy atom. The molecule has 1 saturated carbocycles. The van der Waals surface area contributed by atoms with Crippen LogP contribution in [-0.2, 0) is 0 Å². The molecule has 0 amide bonds. The van der Waals surface area contributed by atoms with Gasteiger partial charge in [-0.25, -0.2) is 0 Å². The molecule has 0 spiro atoms. The Balaban J connectivity index is 2.20. The standard InChI is InChI=1S/C12H17ClN2/c1-8-10(3-2-4-11(8)13)12(15-14)7-9-5-6-9/h2-4,9,12,15H,5-7,14H2,1H3. The maximum atomic E-state index is 6.10. The van der Waals surface area contributed by atoms with Gasteiger partial charge < -0.3 is 0 Å². The highest BCUT2D eigenvalue weighted by molar-refractivity contribution is 6.31. The average Bonchev–Trinajstić information content (AvgIpc) is 3.03. The first-order chi connectivity index (χ1) is 7.22. The fourth-order valence-electron chi connectivity index (χ4n) is 1.97. The third-order valence-corrected chi connectivity index (χ3v) is 3.56. The monoisotopic (exact) mass is 224 g/mol. The van der Waals surface area contributed by atoms with E-state index in [1.807, 2.05) is 12.1 Å². The molecule has 0 heterocycles. The molecule has 2 rings (SSSR count). The Morgan fingerprint density at radius 3 is 2.87 bits per heavy atom. The highest BCUT2D eigenvalue weighted by Gasteiger charge is 2.26. The van der Waals surface area contributed by atoms with E-state index in [9.17, 15) is 0 Å². The van der Waals surface area contributed by atoms with E-state index in [0.717, 1.165) is 22.9 Å². The van der Waals surface area contributed by atoms with Gasteiger partial charge in [-0.3, -0.25) is 11.3 Å². The van der Waals surface area contributed by atoms with Gasteiger partial charge in [0.2, 0.25) is 0 Å². The fraction of sp³-hybridized carbons (Fsp3) is 0.500. The topological polar surface area (TPSA) is 38.0 Å². The Morgan fingerprint density at radius 2 is 2.27 bits per heavy atom. The number of hydrazine groups is 1. The molecule has 82 valence electrons. The molecule has 1 fully saturated rings. The van der Waals surface area contributed by atoms with Crippen LogP contribution in [0.3, 0.4) is 0 Å². The lowest BCUT2D eigenvalue weighted by atomic mass is 9.97. The highest BCUT2D eigenvalue weighted by atomic mass is 35.5. The van der Waals surface area contributed by atoms with Crippen molar-refractivity contribution in [3.8, 4) is 0 Å². The van der Waals surface area contributed by atoms with Crippen LogP contribution in [-0.4, -0.2) is 0 Å². The number of halogens is 1. The van der Waals surface area contributed by atoms with Gasteiger partial charge in [0.05, 0.1) is 0 Å². The summed E-state index contributed by atoms with van der Waals surface area (Å²) in [6, 6.07) is 6.26. The number of nitrogens with one attached hydrogen (secondary N) is 1. The molecule has 0 saturated heterocycles. The summed E-state index contributed by atoms with van der Waals surface area (Å²) >= 11 is 6.10. The number of benzene rings is 1. The van der Waals surface area contributed by atoms with E-state index in [1.54, 1.807) is 0 Å². The van der Waals surface area contributed by atoms with Gasteiger partial charge in [-0.15, -0.1) is 0 Å².